The fraction of sp³-hybridized carbons (Fsp3) is 0.417. The van der Waals surface area contributed by atoms with Crippen LogP contribution in [0.5, 0.6) is 0 Å². The lowest BCUT2D eigenvalue weighted by atomic mass is 10.1. The molecule has 1 rings (SSSR count). The summed E-state index contributed by atoms with van der Waals surface area (Å²) < 4.78 is 24.4. The van der Waals surface area contributed by atoms with E-state index in [0.29, 0.717) is 0 Å². The highest BCUT2D eigenvalue weighted by molar-refractivity contribution is 5.95. The van der Waals surface area contributed by atoms with Crippen LogP contribution in [0, 0.1) is 10.1 Å². The highest BCUT2D eigenvalue weighted by Gasteiger charge is 2.21. The van der Waals surface area contributed by atoms with Gasteiger partial charge in [-0.2, -0.15) is 0 Å². The number of nitrogens with one attached hydrogen (secondary N) is 1. The van der Waals surface area contributed by atoms with Crippen LogP contribution < -0.4 is 5.32 Å². The number of hydrogen-bond donors (Lipinski definition) is 2. The maximum atomic E-state index is 12.2. The molecule has 0 saturated carbocycles. The van der Waals surface area contributed by atoms with Gasteiger partial charge in [0.05, 0.1) is 4.92 Å². The lowest BCUT2D eigenvalue weighted by Crippen LogP contribution is -2.27. The van der Waals surface area contributed by atoms with Crippen molar-refractivity contribution >= 4 is 17.3 Å². The molecule has 7 nitrogen and oxygen atoms in total. The second-order valence-electron chi connectivity index (χ2n) is 4.47. The van der Waals surface area contributed by atoms with E-state index in [1.54, 1.807) is 0 Å². The Labute approximate surface area is 119 Å². The molecule has 0 bridgehead atoms. The maximum Gasteiger partial charge on any atom is 0.292 e. The number of rotatable bonds is 6. The molecule has 0 spiro atoms. The number of aliphatic hydroxyl groups is 1. The van der Waals surface area contributed by atoms with Crippen LogP contribution in [0.1, 0.15) is 10.4 Å². The SMILES string of the molecule is CN(C)C(=O)c1ccc([N+](=O)[O-])c(NCC(O)C(F)F)c1. The Kier molecular flexibility index (Phi) is 5.53. The molecule has 0 saturated heterocycles. The van der Waals surface area contributed by atoms with Crippen LogP contribution in [0.4, 0.5) is 20.2 Å². The van der Waals surface area contributed by atoms with Crippen molar-refractivity contribution in [2.75, 3.05) is 26.0 Å². The fourth-order valence-corrected chi connectivity index (χ4v) is 1.53. The van der Waals surface area contributed by atoms with Crippen molar-refractivity contribution in [2.24, 2.45) is 0 Å². The molecule has 116 valence electrons. The number of carbonyl (C=O) groups excluding carboxylic acids is 1. The zero-order valence-corrected chi connectivity index (χ0v) is 11.4. The minimum atomic E-state index is -2.97. The Hall–Kier alpha value is -2.29. The number of nitrogens with zero attached hydrogens (tertiary/aromatic N) is 2. The van der Waals surface area contributed by atoms with Crippen molar-refractivity contribution in [3.05, 3.63) is 33.9 Å². The molecular weight excluding hydrogens is 288 g/mol. The summed E-state index contributed by atoms with van der Waals surface area (Å²) in [4.78, 5) is 23.2. The molecule has 0 radical (unpaired) electrons. The van der Waals surface area contributed by atoms with Gasteiger partial charge in [0, 0.05) is 32.3 Å². The molecule has 0 heterocycles. The number of anilines is 1. The third-order valence-electron chi connectivity index (χ3n) is 2.64. The zero-order chi connectivity index (χ0) is 16.2. The van der Waals surface area contributed by atoms with E-state index in [1.165, 1.54) is 31.1 Å². The number of carbonyl (C=O) groups is 1. The summed E-state index contributed by atoms with van der Waals surface area (Å²) in [7, 11) is 3.02. The third kappa shape index (κ3) is 4.35. The van der Waals surface area contributed by atoms with Crippen LogP contribution in [0.15, 0.2) is 18.2 Å². The number of alkyl halides is 2. The van der Waals surface area contributed by atoms with Gasteiger partial charge in [0.1, 0.15) is 11.8 Å². The highest BCUT2D eigenvalue weighted by Crippen LogP contribution is 2.26. The summed E-state index contributed by atoms with van der Waals surface area (Å²) in [6.45, 7) is -0.571. The standard InChI is InChI=1S/C12H15F2N3O4/c1-16(2)12(19)7-3-4-9(17(20)21)8(5-7)15-6-10(18)11(13)14/h3-5,10-11,15,18H,6H2,1-2H3. The van der Waals surface area contributed by atoms with Gasteiger partial charge in [0.2, 0.25) is 0 Å². The average molecular weight is 303 g/mol. The van der Waals surface area contributed by atoms with Gasteiger partial charge < -0.3 is 15.3 Å². The van der Waals surface area contributed by atoms with Crippen LogP contribution in [0.2, 0.25) is 0 Å². The van der Waals surface area contributed by atoms with Crippen molar-refractivity contribution < 1.29 is 23.6 Å². The molecule has 1 aromatic carbocycles. The van der Waals surface area contributed by atoms with Gasteiger partial charge >= 0.3 is 0 Å². The number of nitro groups is 1. The number of hydrogen-bond acceptors (Lipinski definition) is 5. The summed E-state index contributed by atoms with van der Waals surface area (Å²) >= 11 is 0. The lowest BCUT2D eigenvalue weighted by Gasteiger charge is -2.14. The van der Waals surface area contributed by atoms with E-state index in [0.717, 1.165) is 6.07 Å². The third-order valence-corrected chi connectivity index (χ3v) is 2.64. The second kappa shape index (κ2) is 6.93. The number of benzene rings is 1. The molecule has 0 aromatic heterocycles. The fourth-order valence-electron chi connectivity index (χ4n) is 1.53. The Morgan fingerprint density at radius 2 is 2.10 bits per heavy atom. The average Bonchev–Trinajstić information content (AvgIpc) is 2.42. The quantitative estimate of drug-likeness (QED) is 0.610. The molecule has 21 heavy (non-hydrogen) atoms. The molecule has 0 aliphatic carbocycles. The number of amides is 1. The normalized spacial score (nSPS) is 12.1. The second-order valence-corrected chi connectivity index (χ2v) is 4.47. The van der Waals surface area contributed by atoms with Crippen LogP contribution in [-0.4, -0.2) is 54.0 Å². The van der Waals surface area contributed by atoms with Gasteiger partial charge in [-0.25, -0.2) is 8.78 Å². The topological polar surface area (TPSA) is 95.7 Å². The van der Waals surface area contributed by atoms with Crippen molar-refractivity contribution in [1.82, 2.24) is 4.90 Å². The summed E-state index contributed by atoms with van der Waals surface area (Å²) in [5.41, 5.74) is -0.307. The van der Waals surface area contributed by atoms with Gasteiger partial charge in [-0.05, 0) is 12.1 Å². The number of nitro benzene ring substituents is 1. The highest BCUT2D eigenvalue weighted by atomic mass is 19.3. The Bertz CT molecular complexity index is 537. The molecule has 0 fully saturated rings. The van der Waals surface area contributed by atoms with Gasteiger partial charge in [-0.3, -0.25) is 14.9 Å². The van der Waals surface area contributed by atoms with Gasteiger partial charge in [0.15, 0.2) is 0 Å². The molecule has 9 heteroatoms. The predicted molar refractivity (Wildman–Crippen MR) is 71.6 cm³/mol. The Morgan fingerprint density at radius 3 is 2.57 bits per heavy atom. The van der Waals surface area contributed by atoms with E-state index in [4.69, 9.17) is 5.11 Å². The molecule has 1 amide bonds. The molecule has 1 atom stereocenters. The van der Waals surface area contributed by atoms with E-state index in [9.17, 15) is 23.7 Å². The van der Waals surface area contributed by atoms with Gasteiger partial charge in [-0.15, -0.1) is 0 Å². The largest absolute Gasteiger partial charge is 0.385 e. The van der Waals surface area contributed by atoms with Gasteiger partial charge in [-0.1, -0.05) is 0 Å². The summed E-state index contributed by atoms with van der Waals surface area (Å²) in [6, 6.07) is 3.57. The lowest BCUT2D eigenvalue weighted by molar-refractivity contribution is -0.384. The van der Waals surface area contributed by atoms with E-state index in [1.807, 2.05) is 0 Å². The first kappa shape index (κ1) is 16.8. The summed E-state index contributed by atoms with van der Waals surface area (Å²) in [6.07, 6.45) is -4.93. The Morgan fingerprint density at radius 1 is 1.48 bits per heavy atom. The first-order chi connectivity index (χ1) is 9.73. The Balaban J connectivity index is 3.04. The van der Waals surface area contributed by atoms with Crippen LogP contribution in [0.3, 0.4) is 0 Å². The van der Waals surface area contributed by atoms with Crippen molar-refractivity contribution in [3.63, 3.8) is 0 Å². The monoisotopic (exact) mass is 303 g/mol. The first-order valence-electron chi connectivity index (χ1n) is 5.94. The van der Waals surface area contributed by atoms with E-state index >= 15 is 0 Å². The maximum absolute atomic E-state index is 12.2. The van der Waals surface area contributed by atoms with E-state index < -0.39 is 24.0 Å². The van der Waals surface area contributed by atoms with Crippen molar-refractivity contribution in [2.45, 2.75) is 12.5 Å². The molecule has 0 aliphatic rings. The zero-order valence-electron chi connectivity index (χ0n) is 11.4. The van der Waals surface area contributed by atoms with Gasteiger partial charge in [0.25, 0.3) is 18.0 Å². The van der Waals surface area contributed by atoms with E-state index in [2.05, 4.69) is 5.32 Å². The summed E-state index contributed by atoms with van der Waals surface area (Å²) in [5.74, 6) is -0.387. The molecule has 1 aromatic rings. The van der Waals surface area contributed by atoms with E-state index in [-0.39, 0.29) is 22.8 Å². The smallest absolute Gasteiger partial charge is 0.292 e. The minimum Gasteiger partial charge on any atom is -0.385 e. The minimum absolute atomic E-state index is 0.104. The van der Waals surface area contributed by atoms with Crippen molar-refractivity contribution in [1.29, 1.82) is 0 Å². The molecule has 2 N–H and O–H groups in total. The van der Waals surface area contributed by atoms with Crippen LogP contribution in [0.25, 0.3) is 0 Å². The predicted octanol–water partition coefficient (Wildman–Crippen LogP) is 1.33. The first-order valence-corrected chi connectivity index (χ1v) is 5.94. The molecule has 0 aliphatic heterocycles. The number of halogens is 2. The summed E-state index contributed by atoms with van der Waals surface area (Å²) in [5, 5.41) is 22.3. The molecule has 1 unspecified atom stereocenters. The molecular formula is C12H15F2N3O4. The number of aliphatic hydroxyl groups excluding tert-OH is 1. The van der Waals surface area contributed by atoms with Crippen LogP contribution >= 0.6 is 0 Å². The van der Waals surface area contributed by atoms with Crippen molar-refractivity contribution in [3.8, 4) is 0 Å². The van der Waals surface area contributed by atoms with Crippen LogP contribution in [-0.2, 0) is 0 Å².